The number of hydrogen-bond acceptors (Lipinski definition) is 2. The minimum atomic E-state index is 0.260. The maximum atomic E-state index is 5.56. The third kappa shape index (κ3) is 10.2. The molecule has 2 nitrogen and oxygen atoms in total. The summed E-state index contributed by atoms with van der Waals surface area (Å²) in [7, 11) is 0. The van der Waals surface area contributed by atoms with Crippen LogP contribution < -0.4 is 5.32 Å². The Hall–Kier alpha value is -0.0800. The van der Waals surface area contributed by atoms with E-state index in [1.165, 1.54) is 19.3 Å². The molecule has 0 saturated heterocycles. The van der Waals surface area contributed by atoms with Gasteiger partial charge in [-0.1, -0.05) is 27.2 Å². The molecule has 92 valence electrons. The summed E-state index contributed by atoms with van der Waals surface area (Å²) < 4.78 is 5.56. The first-order valence-corrected chi connectivity index (χ1v) is 6.30. The van der Waals surface area contributed by atoms with E-state index in [-0.39, 0.29) is 5.54 Å². The summed E-state index contributed by atoms with van der Waals surface area (Å²) in [6, 6.07) is 0. The van der Waals surface area contributed by atoms with Gasteiger partial charge in [0.2, 0.25) is 0 Å². The summed E-state index contributed by atoms with van der Waals surface area (Å²) in [4.78, 5) is 0. The number of rotatable bonds is 9. The summed E-state index contributed by atoms with van der Waals surface area (Å²) in [6.07, 6.45) is 3.62. The molecule has 0 aromatic heterocycles. The van der Waals surface area contributed by atoms with Crippen molar-refractivity contribution < 1.29 is 4.74 Å². The fraction of sp³-hybridized carbons (Fsp3) is 1.00. The van der Waals surface area contributed by atoms with Crippen LogP contribution in [0.3, 0.4) is 0 Å². The van der Waals surface area contributed by atoms with E-state index in [9.17, 15) is 0 Å². The minimum absolute atomic E-state index is 0.260. The molecule has 2 heteroatoms. The predicted molar refractivity (Wildman–Crippen MR) is 67.3 cm³/mol. The maximum absolute atomic E-state index is 5.56. The molecule has 0 rings (SSSR count). The van der Waals surface area contributed by atoms with Gasteiger partial charge >= 0.3 is 0 Å². The second-order valence-corrected chi connectivity index (χ2v) is 5.36. The average molecular weight is 215 g/mol. The summed E-state index contributed by atoms with van der Waals surface area (Å²) in [5.74, 6) is 0.745. The molecule has 0 aromatic rings. The van der Waals surface area contributed by atoms with Crippen molar-refractivity contribution in [1.29, 1.82) is 0 Å². The van der Waals surface area contributed by atoms with Gasteiger partial charge in [0.05, 0.1) is 6.61 Å². The van der Waals surface area contributed by atoms with Crippen LogP contribution in [-0.2, 0) is 4.74 Å². The Morgan fingerprint density at radius 1 is 1.20 bits per heavy atom. The predicted octanol–water partition coefficient (Wildman–Crippen LogP) is 3.22. The van der Waals surface area contributed by atoms with Crippen LogP contribution in [0.25, 0.3) is 0 Å². The minimum Gasteiger partial charge on any atom is -0.380 e. The Kier molecular flexibility index (Phi) is 8.07. The molecule has 0 radical (unpaired) electrons. The molecule has 0 atom stereocenters. The van der Waals surface area contributed by atoms with Crippen LogP contribution in [0.2, 0.25) is 0 Å². The van der Waals surface area contributed by atoms with E-state index in [0.717, 1.165) is 25.7 Å². The molecule has 15 heavy (non-hydrogen) atoms. The summed E-state index contributed by atoms with van der Waals surface area (Å²) >= 11 is 0. The molecule has 0 amide bonds. The lowest BCUT2D eigenvalue weighted by Gasteiger charge is -2.25. The second kappa shape index (κ2) is 8.12. The zero-order valence-electron chi connectivity index (χ0n) is 11.2. The van der Waals surface area contributed by atoms with Crippen molar-refractivity contribution in [2.75, 3.05) is 19.8 Å². The molecule has 1 N–H and O–H groups in total. The van der Waals surface area contributed by atoms with Crippen LogP contribution in [0.5, 0.6) is 0 Å². The first kappa shape index (κ1) is 14.9. The molecular weight excluding hydrogens is 186 g/mol. The lowest BCUT2D eigenvalue weighted by Crippen LogP contribution is -2.40. The smallest absolute Gasteiger partial charge is 0.0591 e. The lowest BCUT2D eigenvalue weighted by molar-refractivity contribution is 0.119. The Morgan fingerprint density at radius 3 is 2.40 bits per heavy atom. The number of ether oxygens (including phenoxy) is 1. The molecule has 0 aliphatic rings. The monoisotopic (exact) mass is 215 g/mol. The molecule has 0 heterocycles. The number of nitrogens with one attached hydrogen (secondary N) is 1. The van der Waals surface area contributed by atoms with Crippen molar-refractivity contribution in [1.82, 2.24) is 5.32 Å². The van der Waals surface area contributed by atoms with Crippen molar-refractivity contribution in [3.8, 4) is 0 Å². The largest absolute Gasteiger partial charge is 0.380 e. The van der Waals surface area contributed by atoms with Gasteiger partial charge in [0.15, 0.2) is 0 Å². The van der Waals surface area contributed by atoms with Crippen LogP contribution in [-0.4, -0.2) is 25.3 Å². The lowest BCUT2D eigenvalue weighted by atomic mass is 9.99. The third-order valence-corrected chi connectivity index (χ3v) is 2.56. The fourth-order valence-corrected chi connectivity index (χ4v) is 1.60. The standard InChI is InChI=1S/C13H29NO/c1-6-8-13(4,5)14-9-11-15-10-7-12(2)3/h12,14H,6-11H2,1-5H3. The van der Waals surface area contributed by atoms with Crippen molar-refractivity contribution in [3.63, 3.8) is 0 Å². The van der Waals surface area contributed by atoms with Crippen LogP contribution >= 0.6 is 0 Å². The van der Waals surface area contributed by atoms with E-state index >= 15 is 0 Å². The van der Waals surface area contributed by atoms with E-state index in [1.54, 1.807) is 0 Å². The number of hydrogen-bond donors (Lipinski definition) is 1. The average Bonchev–Trinajstić information content (AvgIpc) is 2.10. The first-order chi connectivity index (χ1) is 6.98. The van der Waals surface area contributed by atoms with Crippen LogP contribution in [0.1, 0.15) is 53.9 Å². The normalized spacial score (nSPS) is 12.4. The highest BCUT2D eigenvalue weighted by Gasteiger charge is 2.14. The Labute approximate surface area is 95.8 Å². The van der Waals surface area contributed by atoms with Gasteiger partial charge in [0.1, 0.15) is 0 Å². The molecule has 0 aliphatic carbocycles. The van der Waals surface area contributed by atoms with E-state index in [1.807, 2.05) is 0 Å². The highest BCUT2D eigenvalue weighted by atomic mass is 16.5. The molecule has 0 aromatic carbocycles. The van der Waals surface area contributed by atoms with Gasteiger partial charge in [-0.15, -0.1) is 0 Å². The molecule has 0 fully saturated rings. The Balaban J connectivity index is 3.30. The summed E-state index contributed by atoms with van der Waals surface area (Å²) in [5, 5.41) is 3.52. The van der Waals surface area contributed by atoms with Gasteiger partial charge in [0.25, 0.3) is 0 Å². The summed E-state index contributed by atoms with van der Waals surface area (Å²) in [5.41, 5.74) is 0.260. The fourth-order valence-electron chi connectivity index (χ4n) is 1.60. The molecule has 0 saturated carbocycles. The highest BCUT2D eigenvalue weighted by Crippen LogP contribution is 2.09. The van der Waals surface area contributed by atoms with E-state index in [0.29, 0.717) is 0 Å². The van der Waals surface area contributed by atoms with E-state index in [4.69, 9.17) is 4.74 Å². The topological polar surface area (TPSA) is 21.3 Å². The highest BCUT2D eigenvalue weighted by molar-refractivity contribution is 4.75. The molecule has 0 spiro atoms. The molecule has 0 aliphatic heterocycles. The van der Waals surface area contributed by atoms with Crippen molar-refractivity contribution in [3.05, 3.63) is 0 Å². The van der Waals surface area contributed by atoms with Gasteiger partial charge < -0.3 is 10.1 Å². The second-order valence-electron chi connectivity index (χ2n) is 5.36. The van der Waals surface area contributed by atoms with E-state index < -0.39 is 0 Å². The first-order valence-electron chi connectivity index (χ1n) is 6.30. The van der Waals surface area contributed by atoms with Gasteiger partial charge in [-0.05, 0) is 32.6 Å². The van der Waals surface area contributed by atoms with Crippen molar-refractivity contribution >= 4 is 0 Å². The van der Waals surface area contributed by atoms with Crippen LogP contribution in [0, 0.1) is 5.92 Å². The van der Waals surface area contributed by atoms with Gasteiger partial charge in [-0.25, -0.2) is 0 Å². The van der Waals surface area contributed by atoms with E-state index in [2.05, 4.69) is 39.9 Å². The zero-order valence-corrected chi connectivity index (χ0v) is 11.2. The zero-order chi connectivity index (χ0) is 11.7. The van der Waals surface area contributed by atoms with Gasteiger partial charge in [0, 0.05) is 18.7 Å². The van der Waals surface area contributed by atoms with Gasteiger partial charge in [-0.3, -0.25) is 0 Å². The van der Waals surface area contributed by atoms with Crippen LogP contribution in [0.4, 0.5) is 0 Å². The quantitative estimate of drug-likeness (QED) is 0.596. The molecular formula is C13H29NO. The maximum Gasteiger partial charge on any atom is 0.0591 e. The van der Waals surface area contributed by atoms with Gasteiger partial charge in [-0.2, -0.15) is 0 Å². The van der Waals surface area contributed by atoms with Crippen LogP contribution in [0.15, 0.2) is 0 Å². The Morgan fingerprint density at radius 2 is 1.87 bits per heavy atom. The van der Waals surface area contributed by atoms with Crippen molar-refractivity contribution in [2.24, 2.45) is 5.92 Å². The van der Waals surface area contributed by atoms with Crippen molar-refractivity contribution in [2.45, 2.75) is 59.4 Å². The molecule has 0 unspecified atom stereocenters. The third-order valence-electron chi connectivity index (χ3n) is 2.56. The molecule has 0 bridgehead atoms. The summed E-state index contributed by atoms with van der Waals surface area (Å²) in [6.45, 7) is 13.9. The SMILES string of the molecule is CCCC(C)(C)NCCOCCC(C)C. The Bertz CT molecular complexity index is 143.